The molecule has 1 N–H and O–H groups in total. The largest absolute Gasteiger partial charge is 0.359 e. The van der Waals surface area contributed by atoms with Gasteiger partial charge >= 0.3 is 0 Å². The van der Waals surface area contributed by atoms with E-state index in [1.165, 1.54) is 0 Å². The van der Waals surface area contributed by atoms with E-state index in [9.17, 15) is 4.79 Å². The molecule has 0 radical (unpaired) electrons. The van der Waals surface area contributed by atoms with E-state index < -0.39 is 0 Å². The van der Waals surface area contributed by atoms with Crippen molar-refractivity contribution in [3.05, 3.63) is 58.3 Å². The Morgan fingerprint density at radius 1 is 1.14 bits per heavy atom. The molecule has 0 spiro atoms. The van der Waals surface area contributed by atoms with Crippen molar-refractivity contribution in [2.45, 2.75) is 0 Å². The van der Waals surface area contributed by atoms with Crippen LogP contribution in [-0.2, 0) is 0 Å². The summed E-state index contributed by atoms with van der Waals surface area (Å²) in [5, 5.41) is 0. The Morgan fingerprint density at radius 2 is 1.93 bits per heavy atom. The summed E-state index contributed by atoms with van der Waals surface area (Å²) in [5.41, 5.74) is 1.28. The number of hydrogen-bond donors (Lipinski definition) is 1. The van der Waals surface area contributed by atoms with E-state index in [1.807, 2.05) is 24.3 Å². The lowest BCUT2D eigenvalue weighted by molar-refractivity contribution is 0.103. The van der Waals surface area contributed by atoms with Crippen molar-refractivity contribution < 1.29 is 4.79 Å². The number of hydrogen-bond acceptors (Lipinski definition) is 1. The van der Waals surface area contributed by atoms with E-state index in [0.717, 1.165) is 4.47 Å². The molecule has 0 fully saturated rings. The van der Waals surface area contributed by atoms with Crippen molar-refractivity contribution in [2.75, 3.05) is 0 Å². The van der Waals surface area contributed by atoms with E-state index in [1.54, 1.807) is 18.3 Å². The maximum atomic E-state index is 11.9. The maximum Gasteiger partial charge on any atom is 0.210 e. The molecule has 2 rings (SSSR count). The van der Waals surface area contributed by atoms with E-state index in [-0.39, 0.29) is 5.78 Å². The van der Waals surface area contributed by atoms with Crippen LogP contribution in [0.5, 0.6) is 0 Å². The molecule has 0 aliphatic rings. The third-order valence-corrected chi connectivity index (χ3v) is 2.65. The molecule has 1 heterocycles. The number of halogens is 1. The average Bonchev–Trinajstić information content (AvgIpc) is 2.70. The van der Waals surface area contributed by atoms with Crippen LogP contribution in [0, 0.1) is 0 Å². The zero-order valence-corrected chi connectivity index (χ0v) is 8.91. The van der Waals surface area contributed by atoms with Gasteiger partial charge in [0.15, 0.2) is 0 Å². The molecule has 0 atom stereocenters. The van der Waals surface area contributed by atoms with Crippen molar-refractivity contribution in [3.63, 3.8) is 0 Å². The van der Waals surface area contributed by atoms with Gasteiger partial charge in [-0.15, -0.1) is 0 Å². The first-order valence-corrected chi connectivity index (χ1v) is 5.01. The second kappa shape index (κ2) is 3.80. The lowest BCUT2D eigenvalue weighted by Crippen LogP contribution is -2.02. The minimum Gasteiger partial charge on any atom is -0.359 e. The highest BCUT2D eigenvalue weighted by molar-refractivity contribution is 9.10. The fourth-order valence-corrected chi connectivity index (χ4v) is 1.73. The monoisotopic (exact) mass is 249 g/mol. The number of rotatable bonds is 2. The number of nitrogens with one attached hydrogen (secondary N) is 1. The van der Waals surface area contributed by atoms with E-state index in [0.29, 0.717) is 11.3 Å². The molecule has 14 heavy (non-hydrogen) atoms. The van der Waals surface area contributed by atoms with Gasteiger partial charge in [0.25, 0.3) is 0 Å². The van der Waals surface area contributed by atoms with Crippen LogP contribution in [0.4, 0.5) is 0 Å². The summed E-state index contributed by atoms with van der Waals surface area (Å²) in [5.74, 6) is 0.00229. The number of aromatic nitrogens is 1. The summed E-state index contributed by atoms with van der Waals surface area (Å²) in [6, 6.07) is 11.0. The van der Waals surface area contributed by atoms with Crippen LogP contribution in [0.25, 0.3) is 0 Å². The molecule has 0 saturated carbocycles. The molecule has 0 aliphatic carbocycles. The first-order valence-electron chi connectivity index (χ1n) is 4.21. The molecule has 2 aromatic rings. The summed E-state index contributed by atoms with van der Waals surface area (Å²) in [7, 11) is 0. The van der Waals surface area contributed by atoms with Crippen LogP contribution in [0.2, 0.25) is 0 Å². The molecule has 0 amide bonds. The summed E-state index contributed by atoms with van der Waals surface area (Å²) >= 11 is 3.35. The smallest absolute Gasteiger partial charge is 0.210 e. The first kappa shape index (κ1) is 9.21. The van der Waals surface area contributed by atoms with Crippen LogP contribution >= 0.6 is 15.9 Å². The van der Waals surface area contributed by atoms with E-state index >= 15 is 0 Å². The van der Waals surface area contributed by atoms with Gasteiger partial charge in [-0.1, -0.05) is 28.1 Å². The molecule has 0 unspecified atom stereocenters. The van der Waals surface area contributed by atoms with Crippen LogP contribution in [0.15, 0.2) is 47.1 Å². The van der Waals surface area contributed by atoms with Crippen molar-refractivity contribution in [3.8, 4) is 0 Å². The van der Waals surface area contributed by atoms with Gasteiger partial charge in [-0.25, -0.2) is 0 Å². The SMILES string of the molecule is O=C(c1ccc[nH]1)c1ccccc1Br. The van der Waals surface area contributed by atoms with Crippen molar-refractivity contribution in [2.24, 2.45) is 0 Å². The van der Waals surface area contributed by atoms with Crippen LogP contribution in [-0.4, -0.2) is 10.8 Å². The highest BCUT2D eigenvalue weighted by Crippen LogP contribution is 2.18. The third-order valence-electron chi connectivity index (χ3n) is 1.96. The molecule has 2 nitrogen and oxygen atoms in total. The van der Waals surface area contributed by atoms with Crippen molar-refractivity contribution in [1.29, 1.82) is 0 Å². The van der Waals surface area contributed by atoms with Crippen molar-refractivity contribution >= 4 is 21.7 Å². The second-order valence-corrected chi connectivity index (χ2v) is 3.75. The minimum atomic E-state index is 0.00229. The Kier molecular flexibility index (Phi) is 2.50. The quantitative estimate of drug-likeness (QED) is 0.816. The van der Waals surface area contributed by atoms with Gasteiger partial charge in [0, 0.05) is 16.2 Å². The molecule has 0 saturated heterocycles. The zero-order chi connectivity index (χ0) is 9.97. The summed E-state index contributed by atoms with van der Waals surface area (Å²) < 4.78 is 0.819. The number of aromatic amines is 1. The van der Waals surface area contributed by atoms with Gasteiger partial charge in [-0.3, -0.25) is 4.79 Å². The van der Waals surface area contributed by atoms with Gasteiger partial charge < -0.3 is 4.98 Å². The van der Waals surface area contributed by atoms with Gasteiger partial charge in [0.1, 0.15) is 0 Å². The van der Waals surface area contributed by atoms with Gasteiger partial charge in [0.05, 0.1) is 5.69 Å². The first-order chi connectivity index (χ1) is 6.79. The molecule has 70 valence electrons. The predicted octanol–water partition coefficient (Wildman–Crippen LogP) is 3.01. The summed E-state index contributed by atoms with van der Waals surface area (Å²) in [6.07, 6.45) is 1.74. The lowest BCUT2D eigenvalue weighted by Gasteiger charge is -2.00. The highest BCUT2D eigenvalue weighted by atomic mass is 79.9. The Morgan fingerprint density at radius 3 is 2.57 bits per heavy atom. The van der Waals surface area contributed by atoms with Gasteiger partial charge in [-0.05, 0) is 24.3 Å². The molecule has 3 heteroatoms. The average molecular weight is 250 g/mol. The maximum absolute atomic E-state index is 11.9. The Hall–Kier alpha value is -1.35. The Labute approximate surface area is 90.1 Å². The highest BCUT2D eigenvalue weighted by Gasteiger charge is 2.11. The summed E-state index contributed by atoms with van der Waals surface area (Å²) in [6.45, 7) is 0. The minimum absolute atomic E-state index is 0.00229. The standard InChI is InChI=1S/C11H8BrNO/c12-9-5-2-1-4-8(9)11(14)10-6-3-7-13-10/h1-7,13H. The van der Waals surface area contributed by atoms with Crippen LogP contribution in [0.1, 0.15) is 16.1 Å². The predicted molar refractivity (Wildman–Crippen MR) is 58.4 cm³/mol. The van der Waals surface area contributed by atoms with Gasteiger partial charge in [0.2, 0.25) is 5.78 Å². The van der Waals surface area contributed by atoms with Crippen LogP contribution in [0.3, 0.4) is 0 Å². The lowest BCUT2D eigenvalue weighted by atomic mass is 10.1. The number of carbonyl (C=O) groups excluding carboxylic acids is 1. The number of ketones is 1. The van der Waals surface area contributed by atoms with E-state index in [4.69, 9.17) is 0 Å². The molecular weight excluding hydrogens is 242 g/mol. The fourth-order valence-electron chi connectivity index (χ4n) is 1.26. The van der Waals surface area contributed by atoms with E-state index in [2.05, 4.69) is 20.9 Å². The third kappa shape index (κ3) is 1.63. The second-order valence-electron chi connectivity index (χ2n) is 2.89. The molecule has 1 aromatic heterocycles. The number of benzene rings is 1. The normalized spacial score (nSPS) is 10.1. The zero-order valence-electron chi connectivity index (χ0n) is 7.33. The van der Waals surface area contributed by atoms with Crippen LogP contribution < -0.4 is 0 Å². The van der Waals surface area contributed by atoms with Crippen molar-refractivity contribution in [1.82, 2.24) is 4.98 Å². The number of H-pyrrole nitrogens is 1. The molecule has 0 bridgehead atoms. The summed E-state index contributed by atoms with van der Waals surface area (Å²) in [4.78, 5) is 14.8. The molecule has 0 aliphatic heterocycles. The number of carbonyl (C=O) groups is 1. The molecular formula is C11H8BrNO. The fraction of sp³-hybridized carbons (Fsp3) is 0. The Balaban J connectivity index is 2.42. The van der Waals surface area contributed by atoms with Gasteiger partial charge in [-0.2, -0.15) is 0 Å². The topological polar surface area (TPSA) is 32.9 Å². The Bertz CT molecular complexity index is 448. The molecule has 1 aromatic carbocycles.